The average molecular weight is 430 g/mol. The lowest BCUT2D eigenvalue weighted by atomic mass is 10.0. The summed E-state index contributed by atoms with van der Waals surface area (Å²) in [6.07, 6.45) is 0.555. The van der Waals surface area contributed by atoms with Gasteiger partial charge in [-0.25, -0.2) is 4.98 Å². The summed E-state index contributed by atoms with van der Waals surface area (Å²) >= 11 is 0. The minimum absolute atomic E-state index is 0.00683. The predicted octanol–water partition coefficient (Wildman–Crippen LogP) is 3.25. The summed E-state index contributed by atoms with van der Waals surface area (Å²) in [6, 6.07) is 9.86. The number of aliphatic hydroxyl groups excluding tert-OH is 1. The van der Waals surface area contributed by atoms with Crippen molar-refractivity contribution >= 4 is 5.82 Å². The standard InChI is InChI=1S/C21H21F3N6O/c22-21(23,24)14-5-6-19(25-11-14)28-16-9-13-10-18(16)29(12-13)20(31)15-3-1-2-4-17(15)30-26-7-8-27-30/h1-8,11,13,16,18,20,31H,9-10,12H2,(H,25,28). The Labute approximate surface area is 176 Å². The quantitative estimate of drug-likeness (QED) is 0.647. The molecule has 1 saturated carbocycles. The molecule has 0 amide bonds. The van der Waals surface area contributed by atoms with Crippen molar-refractivity contribution < 1.29 is 18.3 Å². The van der Waals surface area contributed by atoms with Crippen LogP contribution in [0.1, 0.15) is 30.2 Å². The fourth-order valence-electron chi connectivity index (χ4n) is 4.75. The molecule has 31 heavy (non-hydrogen) atoms. The van der Waals surface area contributed by atoms with Gasteiger partial charge in [0.1, 0.15) is 12.0 Å². The molecule has 1 aliphatic heterocycles. The molecule has 2 aliphatic rings. The van der Waals surface area contributed by atoms with Crippen LogP contribution in [-0.4, -0.2) is 48.6 Å². The van der Waals surface area contributed by atoms with Crippen LogP contribution >= 0.6 is 0 Å². The molecule has 3 aromatic rings. The van der Waals surface area contributed by atoms with Gasteiger partial charge in [0.25, 0.3) is 0 Å². The number of benzene rings is 1. The first-order valence-corrected chi connectivity index (χ1v) is 10.1. The molecule has 3 heterocycles. The van der Waals surface area contributed by atoms with Gasteiger partial charge in [-0.2, -0.15) is 28.2 Å². The molecule has 2 bridgehead atoms. The van der Waals surface area contributed by atoms with Gasteiger partial charge in [-0.05, 0) is 37.0 Å². The van der Waals surface area contributed by atoms with Crippen LogP contribution in [0, 0.1) is 5.92 Å². The minimum Gasteiger partial charge on any atom is -0.374 e. The molecule has 5 rings (SSSR count). The van der Waals surface area contributed by atoms with Gasteiger partial charge in [0.15, 0.2) is 0 Å². The van der Waals surface area contributed by atoms with E-state index in [0.29, 0.717) is 23.0 Å². The van der Waals surface area contributed by atoms with E-state index in [1.807, 2.05) is 29.2 Å². The third-order valence-corrected chi connectivity index (χ3v) is 6.11. The number of aliphatic hydroxyl groups is 1. The number of piperidine rings is 1. The summed E-state index contributed by atoms with van der Waals surface area (Å²) in [7, 11) is 0. The Bertz CT molecular complexity index is 1040. The summed E-state index contributed by atoms with van der Waals surface area (Å²) in [6.45, 7) is 0.755. The van der Waals surface area contributed by atoms with E-state index in [-0.39, 0.29) is 12.1 Å². The Kier molecular flexibility index (Phi) is 4.90. The van der Waals surface area contributed by atoms with Crippen LogP contribution in [0.25, 0.3) is 5.69 Å². The number of rotatable bonds is 5. The third kappa shape index (κ3) is 3.77. The Morgan fingerprint density at radius 1 is 1.06 bits per heavy atom. The number of fused-ring (bicyclic) bond motifs is 2. The lowest BCUT2D eigenvalue weighted by molar-refractivity contribution is -0.137. The highest BCUT2D eigenvalue weighted by Gasteiger charge is 2.47. The van der Waals surface area contributed by atoms with Gasteiger partial charge in [0, 0.05) is 30.4 Å². The van der Waals surface area contributed by atoms with Crippen molar-refractivity contribution in [1.29, 1.82) is 0 Å². The normalized spacial score (nSPS) is 24.5. The maximum Gasteiger partial charge on any atom is 0.417 e. The summed E-state index contributed by atoms with van der Waals surface area (Å²) < 4.78 is 38.3. The van der Waals surface area contributed by atoms with Gasteiger partial charge >= 0.3 is 6.18 Å². The van der Waals surface area contributed by atoms with E-state index >= 15 is 0 Å². The van der Waals surface area contributed by atoms with Crippen LogP contribution in [0.15, 0.2) is 55.0 Å². The molecule has 162 valence electrons. The second-order valence-corrected chi connectivity index (χ2v) is 8.03. The van der Waals surface area contributed by atoms with E-state index in [4.69, 9.17) is 0 Å². The molecule has 2 N–H and O–H groups in total. The number of nitrogens with one attached hydrogen (secondary N) is 1. The van der Waals surface area contributed by atoms with Crippen LogP contribution in [0.3, 0.4) is 0 Å². The number of hydrogen-bond acceptors (Lipinski definition) is 6. The molecule has 0 radical (unpaired) electrons. The zero-order chi connectivity index (χ0) is 21.6. The molecule has 1 saturated heterocycles. The highest BCUT2D eigenvalue weighted by Crippen LogP contribution is 2.43. The van der Waals surface area contributed by atoms with E-state index in [1.54, 1.807) is 12.4 Å². The average Bonchev–Trinajstić information content (AvgIpc) is 3.50. The Balaban J connectivity index is 1.34. The third-order valence-electron chi connectivity index (χ3n) is 6.11. The largest absolute Gasteiger partial charge is 0.417 e. The van der Waals surface area contributed by atoms with Crippen molar-refractivity contribution in [2.45, 2.75) is 37.3 Å². The van der Waals surface area contributed by atoms with Gasteiger partial charge in [-0.15, -0.1) is 0 Å². The fraction of sp³-hybridized carbons (Fsp3) is 0.381. The molecule has 1 aliphatic carbocycles. The summed E-state index contributed by atoms with van der Waals surface area (Å²) in [5.41, 5.74) is 0.640. The monoisotopic (exact) mass is 430 g/mol. The van der Waals surface area contributed by atoms with Gasteiger partial charge in [-0.3, -0.25) is 4.90 Å². The lowest BCUT2D eigenvalue weighted by Gasteiger charge is -2.37. The number of aromatic nitrogens is 4. The number of pyridine rings is 1. The number of para-hydroxylation sites is 1. The van der Waals surface area contributed by atoms with Crippen molar-refractivity contribution in [2.24, 2.45) is 5.92 Å². The second-order valence-electron chi connectivity index (χ2n) is 8.03. The summed E-state index contributed by atoms with van der Waals surface area (Å²) in [4.78, 5) is 7.46. The first kappa shape index (κ1) is 20.0. The molecular formula is C21H21F3N6O. The van der Waals surface area contributed by atoms with E-state index in [2.05, 4.69) is 20.5 Å². The molecule has 1 aromatic carbocycles. The molecule has 2 fully saturated rings. The van der Waals surface area contributed by atoms with Crippen molar-refractivity contribution in [3.8, 4) is 5.69 Å². The fourth-order valence-corrected chi connectivity index (χ4v) is 4.75. The minimum atomic E-state index is -4.41. The number of likely N-dealkylation sites (tertiary alicyclic amines) is 1. The highest BCUT2D eigenvalue weighted by atomic mass is 19.4. The molecule has 0 spiro atoms. The molecule has 7 nitrogen and oxygen atoms in total. The van der Waals surface area contributed by atoms with Crippen molar-refractivity contribution in [1.82, 2.24) is 24.9 Å². The number of anilines is 1. The highest BCUT2D eigenvalue weighted by molar-refractivity contribution is 5.42. The Hall–Kier alpha value is -2.98. The van der Waals surface area contributed by atoms with Gasteiger partial charge in [0.2, 0.25) is 0 Å². The summed E-state index contributed by atoms with van der Waals surface area (Å²) in [5.74, 6) is 0.808. The topological polar surface area (TPSA) is 79.1 Å². The zero-order valence-electron chi connectivity index (χ0n) is 16.4. The summed E-state index contributed by atoms with van der Waals surface area (Å²) in [5, 5.41) is 22.8. The van der Waals surface area contributed by atoms with Crippen molar-refractivity contribution in [2.75, 3.05) is 11.9 Å². The Morgan fingerprint density at radius 2 is 1.84 bits per heavy atom. The first-order chi connectivity index (χ1) is 14.9. The van der Waals surface area contributed by atoms with E-state index in [9.17, 15) is 18.3 Å². The smallest absolute Gasteiger partial charge is 0.374 e. The van der Waals surface area contributed by atoms with Crippen LogP contribution in [0.5, 0.6) is 0 Å². The molecule has 4 atom stereocenters. The van der Waals surface area contributed by atoms with E-state index in [1.165, 1.54) is 10.9 Å². The van der Waals surface area contributed by atoms with Crippen molar-refractivity contribution in [3.05, 3.63) is 66.1 Å². The molecular weight excluding hydrogens is 409 g/mol. The van der Waals surface area contributed by atoms with Crippen LogP contribution in [0.4, 0.5) is 19.0 Å². The van der Waals surface area contributed by atoms with Crippen LogP contribution in [0.2, 0.25) is 0 Å². The predicted molar refractivity (Wildman–Crippen MR) is 106 cm³/mol. The van der Waals surface area contributed by atoms with E-state index in [0.717, 1.165) is 31.6 Å². The van der Waals surface area contributed by atoms with E-state index < -0.39 is 18.0 Å². The number of hydrogen-bond donors (Lipinski definition) is 2. The Morgan fingerprint density at radius 3 is 2.52 bits per heavy atom. The van der Waals surface area contributed by atoms with Gasteiger partial charge in [-0.1, -0.05) is 18.2 Å². The second kappa shape index (κ2) is 7.61. The first-order valence-electron chi connectivity index (χ1n) is 10.1. The molecule has 4 unspecified atom stereocenters. The lowest BCUT2D eigenvalue weighted by Crippen LogP contribution is -2.46. The molecule has 10 heteroatoms. The maximum absolute atomic E-state index is 12.8. The number of halogens is 3. The van der Waals surface area contributed by atoms with Gasteiger partial charge in [0.05, 0.1) is 23.6 Å². The van der Waals surface area contributed by atoms with Crippen LogP contribution in [-0.2, 0) is 6.18 Å². The van der Waals surface area contributed by atoms with Crippen molar-refractivity contribution in [3.63, 3.8) is 0 Å². The number of nitrogens with zero attached hydrogens (tertiary/aromatic N) is 5. The van der Waals surface area contributed by atoms with Gasteiger partial charge < -0.3 is 10.4 Å². The zero-order valence-corrected chi connectivity index (χ0v) is 16.4. The maximum atomic E-state index is 12.8. The number of alkyl halides is 3. The SMILES string of the molecule is OC(c1ccccc1-n1nccn1)N1CC2CC(Nc3ccc(C(F)(F)F)cn3)C1C2. The van der Waals surface area contributed by atoms with Crippen LogP contribution < -0.4 is 5.32 Å². The molecule has 2 aromatic heterocycles.